The summed E-state index contributed by atoms with van der Waals surface area (Å²) in [4.78, 5) is 24.6. The number of carbonyl (C=O) groups is 2. The van der Waals surface area contributed by atoms with Crippen LogP contribution in [0.1, 0.15) is 32.8 Å². The largest absolute Gasteiger partial charge is 0.444 e. The van der Waals surface area contributed by atoms with Crippen molar-refractivity contribution in [1.29, 1.82) is 0 Å². The molecule has 0 aromatic heterocycles. The van der Waals surface area contributed by atoms with Crippen molar-refractivity contribution >= 4 is 12.0 Å². The van der Waals surface area contributed by atoms with E-state index in [1.807, 2.05) is 30.3 Å². The molecule has 0 aliphatic carbocycles. The maximum absolute atomic E-state index is 11.8. The van der Waals surface area contributed by atoms with Crippen LogP contribution in [0.15, 0.2) is 30.3 Å². The summed E-state index contributed by atoms with van der Waals surface area (Å²) in [6, 6.07) is 9.19. The van der Waals surface area contributed by atoms with Gasteiger partial charge in [0.1, 0.15) is 6.61 Å². The van der Waals surface area contributed by atoms with Gasteiger partial charge < -0.3 is 4.74 Å². The van der Waals surface area contributed by atoms with Crippen LogP contribution in [0.3, 0.4) is 0 Å². The van der Waals surface area contributed by atoms with Crippen LogP contribution >= 0.6 is 0 Å². The molecule has 2 amide bonds. The monoisotopic (exact) mass is 249 g/mol. The van der Waals surface area contributed by atoms with Crippen LogP contribution in [0.25, 0.3) is 0 Å². The number of carbonyl (C=O) groups excluding carboxylic acids is 2. The predicted molar refractivity (Wildman–Crippen MR) is 68.9 cm³/mol. The average Bonchev–Trinajstić information content (AvgIpc) is 2.37. The molecule has 18 heavy (non-hydrogen) atoms. The molecule has 0 atom stereocenters. The Labute approximate surface area is 108 Å². The van der Waals surface area contributed by atoms with E-state index in [2.05, 4.69) is 0 Å². The molecule has 1 rings (SSSR count). The molecule has 0 aliphatic heterocycles. The van der Waals surface area contributed by atoms with Crippen LogP contribution in [0.5, 0.6) is 0 Å². The Kier molecular flexibility index (Phi) is 5.36. The highest BCUT2D eigenvalue weighted by molar-refractivity contribution is 5.92. The second-order valence-electron chi connectivity index (χ2n) is 4.25. The first kappa shape index (κ1) is 14.2. The van der Waals surface area contributed by atoms with Crippen LogP contribution in [-0.2, 0) is 16.1 Å². The zero-order chi connectivity index (χ0) is 13.5. The van der Waals surface area contributed by atoms with Gasteiger partial charge in [0, 0.05) is 12.5 Å². The Bertz CT molecular complexity index is 401. The number of rotatable bonds is 4. The molecule has 0 N–H and O–H groups in total. The summed E-state index contributed by atoms with van der Waals surface area (Å²) in [6.07, 6.45) is -0.292. The van der Waals surface area contributed by atoms with Gasteiger partial charge in [0.2, 0.25) is 5.91 Å². The third-order valence-electron chi connectivity index (χ3n) is 2.49. The van der Waals surface area contributed by atoms with Crippen molar-refractivity contribution in [3.05, 3.63) is 35.9 Å². The summed E-state index contributed by atoms with van der Waals surface area (Å²) in [5.41, 5.74) is 0.901. The number of hydrogen-bond donors (Lipinski definition) is 0. The van der Waals surface area contributed by atoms with Gasteiger partial charge in [0.15, 0.2) is 0 Å². The van der Waals surface area contributed by atoms with E-state index in [1.54, 1.807) is 20.8 Å². The Morgan fingerprint density at radius 2 is 1.83 bits per heavy atom. The van der Waals surface area contributed by atoms with E-state index in [1.165, 1.54) is 0 Å². The summed E-state index contributed by atoms with van der Waals surface area (Å²) in [5.74, 6) is -0.219. The Morgan fingerprint density at radius 1 is 1.22 bits per heavy atom. The number of nitrogens with zero attached hydrogens (tertiary/aromatic N) is 1. The summed E-state index contributed by atoms with van der Waals surface area (Å²) in [7, 11) is 0. The minimum absolute atomic E-state index is 0.180. The van der Waals surface area contributed by atoms with Gasteiger partial charge in [-0.3, -0.25) is 4.79 Å². The highest BCUT2D eigenvalue weighted by atomic mass is 16.6. The molecule has 4 nitrogen and oxygen atoms in total. The number of benzene rings is 1. The fourth-order valence-corrected chi connectivity index (χ4v) is 1.56. The third-order valence-corrected chi connectivity index (χ3v) is 2.49. The Balaban J connectivity index is 2.60. The van der Waals surface area contributed by atoms with Gasteiger partial charge in [-0.25, -0.2) is 9.69 Å². The fourth-order valence-electron chi connectivity index (χ4n) is 1.56. The standard InChI is InChI=1S/C14H19NO3/c1-4-13(16)15(11(2)3)14(17)18-10-12-8-6-5-7-9-12/h5-9,11H,4,10H2,1-3H3. The predicted octanol–water partition coefficient (Wildman–Crippen LogP) is 2.97. The lowest BCUT2D eigenvalue weighted by molar-refractivity contribution is -0.130. The molecular formula is C14H19NO3. The minimum atomic E-state index is -0.583. The Morgan fingerprint density at radius 3 is 2.33 bits per heavy atom. The molecule has 0 radical (unpaired) electrons. The molecule has 0 heterocycles. The van der Waals surface area contributed by atoms with Crippen molar-refractivity contribution in [1.82, 2.24) is 4.90 Å². The summed E-state index contributed by atoms with van der Waals surface area (Å²) >= 11 is 0. The van der Waals surface area contributed by atoms with E-state index in [9.17, 15) is 9.59 Å². The summed E-state index contributed by atoms with van der Waals surface area (Å²) in [5, 5.41) is 0. The molecule has 1 aromatic carbocycles. The van der Waals surface area contributed by atoms with E-state index in [4.69, 9.17) is 4.74 Å². The molecule has 4 heteroatoms. The summed E-state index contributed by atoms with van der Waals surface area (Å²) in [6.45, 7) is 5.48. The molecule has 98 valence electrons. The van der Waals surface area contributed by atoms with Crippen molar-refractivity contribution in [2.24, 2.45) is 0 Å². The lowest BCUT2D eigenvalue weighted by Gasteiger charge is -2.23. The van der Waals surface area contributed by atoms with Crippen molar-refractivity contribution in [2.75, 3.05) is 0 Å². The number of hydrogen-bond acceptors (Lipinski definition) is 3. The second-order valence-corrected chi connectivity index (χ2v) is 4.25. The maximum Gasteiger partial charge on any atom is 0.417 e. The van der Waals surface area contributed by atoms with E-state index in [0.717, 1.165) is 10.5 Å². The zero-order valence-corrected chi connectivity index (χ0v) is 11.1. The van der Waals surface area contributed by atoms with E-state index >= 15 is 0 Å². The molecule has 0 aliphatic rings. The molecule has 1 aromatic rings. The van der Waals surface area contributed by atoms with Crippen molar-refractivity contribution in [3.63, 3.8) is 0 Å². The van der Waals surface area contributed by atoms with Gasteiger partial charge in [0.25, 0.3) is 0 Å². The summed E-state index contributed by atoms with van der Waals surface area (Å²) < 4.78 is 5.14. The first-order chi connectivity index (χ1) is 8.56. The van der Waals surface area contributed by atoms with Gasteiger partial charge in [-0.2, -0.15) is 0 Å². The van der Waals surface area contributed by atoms with Gasteiger partial charge in [0.05, 0.1) is 0 Å². The first-order valence-corrected chi connectivity index (χ1v) is 6.09. The highest BCUT2D eigenvalue weighted by Gasteiger charge is 2.24. The smallest absolute Gasteiger partial charge is 0.417 e. The highest BCUT2D eigenvalue weighted by Crippen LogP contribution is 2.07. The quantitative estimate of drug-likeness (QED) is 0.824. The molecule has 0 saturated heterocycles. The van der Waals surface area contributed by atoms with Crippen LogP contribution in [0.4, 0.5) is 4.79 Å². The lowest BCUT2D eigenvalue weighted by atomic mass is 10.2. The minimum Gasteiger partial charge on any atom is -0.444 e. The van der Waals surface area contributed by atoms with Crippen LogP contribution in [-0.4, -0.2) is 22.9 Å². The molecule has 0 spiro atoms. The van der Waals surface area contributed by atoms with E-state index in [0.29, 0.717) is 6.42 Å². The van der Waals surface area contributed by atoms with Gasteiger partial charge in [-0.1, -0.05) is 37.3 Å². The SMILES string of the molecule is CCC(=O)N(C(=O)OCc1ccccc1)C(C)C. The van der Waals surface area contributed by atoms with Gasteiger partial charge in [-0.15, -0.1) is 0 Å². The maximum atomic E-state index is 11.8. The topological polar surface area (TPSA) is 46.6 Å². The Hall–Kier alpha value is -1.84. The van der Waals surface area contributed by atoms with Gasteiger partial charge in [-0.05, 0) is 19.4 Å². The first-order valence-electron chi connectivity index (χ1n) is 6.09. The van der Waals surface area contributed by atoms with Crippen LogP contribution in [0, 0.1) is 0 Å². The second kappa shape index (κ2) is 6.79. The number of imide groups is 1. The van der Waals surface area contributed by atoms with Gasteiger partial charge >= 0.3 is 6.09 Å². The van der Waals surface area contributed by atoms with E-state index in [-0.39, 0.29) is 18.6 Å². The van der Waals surface area contributed by atoms with Crippen molar-refractivity contribution < 1.29 is 14.3 Å². The van der Waals surface area contributed by atoms with Crippen molar-refractivity contribution in [2.45, 2.75) is 39.8 Å². The molecule has 0 fully saturated rings. The van der Waals surface area contributed by atoms with E-state index < -0.39 is 6.09 Å². The molecule has 0 bridgehead atoms. The molecule has 0 unspecified atom stereocenters. The number of ether oxygens (including phenoxy) is 1. The lowest BCUT2D eigenvalue weighted by Crippen LogP contribution is -2.41. The van der Waals surface area contributed by atoms with Crippen LogP contribution < -0.4 is 0 Å². The number of amides is 2. The van der Waals surface area contributed by atoms with Crippen LogP contribution in [0.2, 0.25) is 0 Å². The molecule has 0 saturated carbocycles. The fraction of sp³-hybridized carbons (Fsp3) is 0.429. The molecular weight excluding hydrogens is 230 g/mol. The zero-order valence-electron chi connectivity index (χ0n) is 11.1. The van der Waals surface area contributed by atoms with Crippen molar-refractivity contribution in [3.8, 4) is 0 Å². The third kappa shape index (κ3) is 3.87. The normalized spacial score (nSPS) is 10.2. The average molecular weight is 249 g/mol.